The standard InChI is InChI=1S/C12H17FO/c1-8-5-6-9(10(13)7-8)11(14)12(2,3)4/h5-7,11,14H,1-4H3. The van der Waals surface area contributed by atoms with Crippen LogP contribution in [0.25, 0.3) is 0 Å². The van der Waals surface area contributed by atoms with E-state index in [1.807, 2.05) is 33.8 Å². The van der Waals surface area contributed by atoms with Gasteiger partial charge in [-0.25, -0.2) is 4.39 Å². The van der Waals surface area contributed by atoms with Crippen molar-refractivity contribution in [3.8, 4) is 0 Å². The largest absolute Gasteiger partial charge is 0.388 e. The third kappa shape index (κ3) is 2.32. The predicted octanol–water partition coefficient (Wildman–Crippen LogP) is 3.21. The van der Waals surface area contributed by atoms with E-state index in [9.17, 15) is 9.50 Å². The van der Waals surface area contributed by atoms with Crippen LogP contribution < -0.4 is 0 Å². The van der Waals surface area contributed by atoms with Crippen LogP contribution in [0.4, 0.5) is 4.39 Å². The highest BCUT2D eigenvalue weighted by molar-refractivity contribution is 5.26. The highest BCUT2D eigenvalue weighted by atomic mass is 19.1. The summed E-state index contributed by atoms with van der Waals surface area (Å²) in [4.78, 5) is 0. The van der Waals surface area contributed by atoms with Crippen molar-refractivity contribution in [2.75, 3.05) is 0 Å². The van der Waals surface area contributed by atoms with E-state index in [2.05, 4.69) is 0 Å². The summed E-state index contributed by atoms with van der Waals surface area (Å²) < 4.78 is 13.5. The van der Waals surface area contributed by atoms with Crippen molar-refractivity contribution in [2.45, 2.75) is 33.8 Å². The molecule has 78 valence electrons. The molecule has 0 saturated heterocycles. The monoisotopic (exact) mass is 196 g/mol. The van der Waals surface area contributed by atoms with Gasteiger partial charge in [-0.3, -0.25) is 0 Å². The Morgan fingerprint density at radius 2 is 1.86 bits per heavy atom. The van der Waals surface area contributed by atoms with Crippen molar-refractivity contribution in [3.63, 3.8) is 0 Å². The van der Waals surface area contributed by atoms with Crippen LogP contribution in [-0.4, -0.2) is 5.11 Å². The minimum Gasteiger partial charge on any atom is -0.388 e. The predicted molar refractivity (Wildman–Crippen MR) is 55.6 cm³/mol. The smallest absolute Gasteiger partial charge is 0.129 e. The third-order valence-electron chi connectivity index (χ3n) is 2.27. The van der Waals surface area contributed by atoms with Gasteiger partial charge >= 0.3 is 0 Å². The van der Waals surface area contributed by atoms with Gasteiger partial charge in [0.25, 0.3) is 0 Å². The molecular formula is C12H17FO. The Balaban J connectivity index is 3.08. The zero-order chi connectivity index (χ0) is 10.9. The van der Waals surface area contributed by atoms with Crippen LogP contribution in [0, 0.1) is 18.2 Å². The van der Waals surface area contributed by atoms with Gasteiger partial charge in [0.2, 0.25) is 0 Å². The minimum absolute atomic E-state index is 0.326. The molecule has 0 aromatic heterocycles. The van der Waals surface area contributed by atoms with Gasteiger partial charge in [-0.05, 0) is 24.0 Å². The first-order valence-electron chi connectivity index (χ1n) is 4.76. The summed E-state index contributed by atoms with van der Waals surface area (Å²) in [5.41, 5.74) is 0.909. The number of aliphatic hydroxyl groups is 1. The Bertz CT molecular complexity index is 326. The van der Waals surface area contributed by atoms with E-state index in [4.69, 9.17) is 0 Å². The topological polar surface area (TPSA) is 20.2 Å². The first kappa shape index (κ1) is 11.2. The second kappa shape index (κ2) is 3.70. The van der Waals surface area contributed by atoms with Crippen LogP contribution >= 0.6 is 0 Å². The van der Waals surface area contributed by atoms with E-state index in [1.165, 1.54) is 6.07 Å². The molecule has 1 aromatic rings. The molecule has 0 amide bonds. The van der Waals surface area contributed by atoms with Crippen molar-refractivity contribution in [1.82, 2.24) is 0 Å². The Morgan fingerprint density at radius 1 is 1.29 bits per heavy atom. The van der Waals surface area contributed by atoms with Crippen molar-refractivity contribution < 1.29 is 9.50 Å². The van der Waals surface area contributed by atoms with Crippen molar-refractivity contribution >= 4 is 0 Å². The van der Waals surface area contributed by atoms with Gasteiger partial charge in [0, 0.05) is 5.56 Å². The van der Waals surface area contributed by atoms with Crippen LogP contribution in [0.5, 0.6) is 0 Å². The summed E-state index contributed by atoms with van der Waals surface area (Å²) in [5, 5.41) is 9.89. The maximum Gasteiger partial charge on any atom is 0.129 e. The lowest BCUT2D eigenvalue weighted by Crippen LogP contribution is -2.18. The first-order chi connectivity index (χ1) is 6.32. The van der Waals surface area contributed by atoms with Gasteiger partial charge in [-0.15, -0.1) is 0 Å². The molecule has 0 fully saturated rings. The Kier molecular flexibility index (Phi) is 2.95. The number of hydrogen-bond acceptors (Lipinski definition) is 1. The molecule has 1 nitrogen and oxygen atoms in total. The minimum atomic E-state index is -0.761. The summed E-state index contributed by atoms with van der Waals surface area (Å²) in [6.45, 7) is 7.49. The van der Waals surface area contributed by atoms with Crippen LogP contribution in [0.15, 0.2) is 18.2 Å². The van der Waals surface area contributed by atoms with Crippen LogP contribution in [0.1, 0.15) is 38.0 Å². The number of benzene rings is 1. The molecule has 0 heterocycles. The fourth-order valence-electron chi connectivity index (χ4n) is 1.32. The fraction of sp³-hybridized carbons (Fsp3) is 0.500. The fourth-order valence-corrected chi connectivity index (χ4v) is 1.32. The van der Waals surface area contributed by atoms with Crippen molar-refractivity contribution in [2.24, 2.45) is 5.41 Å². The zero-order valence-electron chi connectivity index (χ0n) is 9.13. The number of rotatable bonds is 1. The van der Waals surface area contributed by atoms with Crippen molar-refractivity contribution in [1.29, 1.82) is 0 Å². The normalized spacial score (nSPS) is 14.1. The van der Waals surface area contributed by atoms with Gasteiger partial charge in [0.15, 0.2) is 0 Å². The Hall–Kier alpha value is -0.890. The van der Waals surface area contributed by atoms with Crippen LogP contribution in [0.2, 0.25) is 0 Å². The Labute approximate surface area is 84.6 Å². The van der Waals surface area contributed by atoms with E-state index in [0.717, 1.165) is 5.56 Å². The van der Waals surface area contributed by atoms with E-state index >= 15 is 0 Å². The zero-order valence-corrected chi connectivity index (χ0v) is 9.13. The average Bonchev–Trinajstić information content (AvgIpc) is 2.01. The molecule has 1 N–H and O–H groups in total. The van der Waals surface area contributed by atoms with Gasteiger partial charge in [-0.1, -0.05) is 32.9 Å². The summed E-state index contributed by atoms with van der Waals surface area (Å²) in [7, 11) is 0. The molecular weight excluding hydrogens is 179 g/mol. The van der Waals surface area contributed by atoms with Gasteiger partial charge in [0.1, 0.15) is 5.82 Å². The molecule has 0 bridgehead atoms. The molecule has 0 aliphatic carbocycles. The molecule has 1 rings (SSSR count). The molecule has 2 heteroatoms. The van der Waals surface area contributed by atoms with Crippen molar-refractivity contribution in [3.05, 3.63) is 35.1 Å². The summed E-state index contributed by atoms with van der Waals surface area (Å²) in [5.74, 6) is -0.326. The molecule has 1 aromatic carbocycles. The maximum atomic E-state index is 13.5. The third-order valence-corrected chi connectivity index (χ3v) is 2.27. The number of aryl methyl sites for hydroxylation is 1. The van der Waals surface area contributed by atoms with E-state index in [1.54, 1.807) is 6.07 Å². The molecule has 0 saturated carbocycles. The van der Waals surface area contributed by atoms with E-state index in [-0.39, 0.29) is 11.2 Å². The van der Waals surface area contributed by atoms with Gasteiger partial charge in [-0.2, -0.15) is 0 Å². The lowest BCUT2D eigenvalue weighted by Gasteiger charge is -2.26. The molecule has 0 radical (unpaired) electrons. The highest BCUT2D eigenvalue weighted by Crippen LogP contribution is 2.33. The van der Waals surface area contributed by atoms with Crippen LogP contribution in [-0.2, 0) is 0 Å². The molecule has 0 spiro atoms. The quantitative estimate of drug-likeness (QED) is 0.731. The molecule has 14 heavy (non-hydrogen) atoms. The molecule has 0 aliphatic rings. The van der Waals surface area contributed by atoms with E-state index < -0.39 is 6.10 Å². The second-order valence-electron chi connectivity index (χ2n) is 4.79. The van der Waals surface area contributed by atoms with E-state index in [0.29, 0.717) is 5.56 Å². The lowest BCUT2D eigenvalue weighted by atomic mass is 9.84. The average molecular weight is 196 g/mol. The SMILES string of the molecule is Cc1ccc(C(O)C(C)(C)C)c(F)c1. The number of halogens is 1. The summed E-state index contributed by atoms with van der Waals surface area (Å²) in [6.07, 6.45) is -0.761. The summed E-state index contributed by atoms with van der Waals surface area (Å²) in [6, 6.07) is 4.91. The Morgan fingerprint density at radius 3 is 2.29 bits per heavy atom. The van der Waals surface area contributed by atoms with Crippen LogP contribution in [0.3, 0.4) is 0 Å². The van der Waals surface area contributed by atoms with Gasteiger partial charge < -0.3 is 5.11 Å². The number of hydrogen-bond donors (Lipinski definition) is 1. The number of aliphatic hydroxyl groups excluding tert-OH is 1. The molecule has 1 unspecified atom stereocenters. The highest BCUT2D eigenvalue weighted by Gasteiger charge is 2.25. The van der Waals surface area contributed by atoms with Gasteiger partial charge in [0.05, 0.1) is 6.10 Å². The molecule has 1 atom stereocenters. The first-order valence-corrected chi connectivity index (χ1v) is 4.76. The maximum absolute atomic E-state index is 13.5. The second-order valence-corrected chi connectivity index (χ2v) is 4.79. The summed E-state index contributed by atoms with van der Waals surface area (Å²) >= 11 is 0. The molecule has 0 aliphatic heterocycles. The lowest BCUT2D eigenvalue weighted by molar-refractivity contribution is 0.0594.